The van der Waals surface area contributed by atoms with E-state index in [2.05, 4.69) is 276 Å². The van der Waals surface area contributed by atoms with Gasteiger partial charge in [0, 0.05) is 33.5 Å². The summed E-state index contributed by atoms with van der Waals surface area (Å²) < 4.78 is 2.46. The maximum atomic E-state index is 2.47. The lowest BCUT2D eigenvalue weighted by Gasteiger charge is -2.34. The van der Waals surface area contributed by atoms with Gasteiger partial charge in [0.1, 0.15) is 0 Å². The van der Waals surface area contributed by atoms with E-state index < -0.39 is 5.41 Å². The van der Waals surface area contributed by atoms with Gasteiger partial charge in [0.15, 0.2) is 0 Å². The molecule has 1 heterocycles. The summed E-state index contributed by atoms with van der Waals surface area (Å²) in [6.45, 7) is 0. The number of rotatable bonds is 8. The average molecular weight is 853 g/mol. The predicted octanol–water partition coefficient (Wildman–Crippen LogP) is 17.1. The van der Waals surface area contributed by atoms with E-state index in [1.54, 1.807) is 0 Å². The zero-order chi connectivity index (χ0) is 44.3. The summed E-state index contributed by atoms with van der Waals surface area (Å²) in [5.74, 6) is 0. The molecule has 2 nitrogen and oxygen atoms in total. The van der Waals surface area contributed by atoms with Gasteiger partial charge in [-0.2, -0.15) is 0 Å². The molecule has 1 aliphatic rings. The van der Waals surface area contributed by atoms with Crippen LogP contribution in [0.15, 0.2) is 267 Å². The summed E-state index contributed by atoms with van der Waals surface area (Å²) in [6, 6.07) is 98.1. The molecule has 0 fully saturated rings. The maximum Gasteiger partial charge on any atom is 0.0714 e. The van der Waals surface area contributed by atoms with Gasteiger partial charge in [-0.25, -0.2) is 0 Å². The molecule has 13 rings (SSSR count). The van der Waals surface area contributed by atoms with Gasteiger partial charge >= 0.3 is 0 Å². The van der Waals surface area contributed by atoms with Crippen molar-refractivity contribution < 1.29 is 0 Å². The maximum absolute atomic E-state index is 2.47. The van der Waals surface area contributed by atoms with Crippen molar-refractivity contribution in [2.24, 2.45) is 0 Å². The number of anilines is 3. The van der Waals surface area contributed by atoms with E-state index >= 15 is 0 Å². The van der Waals surface area contributed by atoms with Crippen molar-refractivity contribution >= 4 is 49.6 Å². The van der Waals surface area contributed by atoms with Crippen LogP contribution in [-0.4, -0.2) is 4.57 Å². The predicted molar refractivity (Wildman–Crippen MR) is 281 cm³/mol. The fourth-order valence-corrected chi connectivity index (χ4v) is 11.1. The van der Waals surface area contributed by atoms with Gasteiger partial charge in [0.25, 0.3) is 0 Å². The smallest absolute Gasteiger partial charge is 0.0714 e. The molecule has 0 amide bonds. The number of benzene rings is 11. The van der Waals surface area contributed by atoms with Gasteiger partial charge in [-0.05, 0) is 127 Å². The molecule has 0 saturated heterocycles. The zero-order valence-electron chi connectivity index (χ0n) is 36.8. The van der Waals surface area contributed by atoms with E-state index in [9.17, 15) is 0 Å². The molecule has 0 aliphatic heterocycles. The Morgan fingerprint density at radius 2 is 0.881 bits per heavy atom. The SMILES string of the molecule is c1ccc(-c2cccc(N(c3ccc(-c4cccc5ccccc45)cc3)c3ccc4c(c3)c3ccc(C5(c6ccccc6)c6ccccc6-c6ccccc65)cc3n4-c3ccccc3)c2)cc1. The lowest BCUT2D eigenvalue weighted by molar-refractivity contribution is 0.769. The molecule has 67 heavy (non-hydrogen) atoms. The molecule has 0 N–H and O–H groups in total. The van der Waals surface area contributed by atoms with Crippen molar-refractivity contribution in [3.05, 3.63) is 289 Å². The minimum atomic E-state index is -0.509. The molecule has 1 aromatic heterocycles. The van der Waals surface area contributed by atoms with Crippen LogP contribution in [0.4, 0.5) is 17.1 Å². The van der Waals surface area contributed by atoms with Gasteiger partial charge in [-0.3, -0.25) is 0 Å². The quantitative estimate of drug-likeness (QED) is 0.148. The highest BCUT2D eigenvalue weighted by Crippen LogP contribution is 2.56. The van der Waals surface area contributed by atoms with Gasteiger partial charge in [-0.1, -0.05) is 206 Å². The second kappa shape index (κ2) is 15.8. The van der Waals surface area contributed by atoms with Gasteiger partial charge in [0.2, 0.25) is 0 Å². The van der Waals surface area contributed by atoms with E-state index in [1.165, 1.54) is 82.7 Å². The van der Waals surface area contributed by atoms with Gasteiger partial charge < -0.3 is 9.47 Å². The second-order valence-corrected chi connectivity index (χ2v) is 17.6. The van der Waals surface area contributed by atoms with E-state index in [0.29, 0.717) is 0 Å². The van der Waals surface area contributed by atoms with Crippen LogP contribution >= 0.6 is 0 Å². The van der Waals surface area contributed by atoms with Crippen molar-refractivity contribution in [1.82, 2.24) is 4.57 Å². The van der Waals surface area contributed by atoms with Crippen LogP contribution in [0.2, 0.25) is 0 Å². The number of nitrogens with zero attached hydrogens (tertiary/aromatic N) is 2. The Morgan fingerprint density at radius 3 is 1.64 bits per heavy atom. The Labute approximate surface area is 390 Å². The summed E-state index contributed by atoms with van der Waals surface area (Å²) in [5, 5.41) is 4.90. The first-order chi connectivity index (χ1) is 33.2. The Balaban J connectivity index is 1.03. The third-order valence-corrected chi connectivity index (χ3v) is 14.1. The van der Waals surface area contributed by atoms with Gasteiger partial charge in [-0.15, -0.1) is 0 Å². The lowest BCUT2D eigenvalue weighted by Crippen LogP contribution is -2.28. The second-order valence-electron chi connectivity index (χ2n) is 17.6. The van der Waals surface area contributed by atoms with Crippen LogP contribution < -0.4 is 4.90 Å². The van der Waals surface area contributed by atoms with Crippen LogP contribution in [0, 0.1) is 0 Å². The fourth-order valence-electron chi connectivity index (χ4n) is 11.1. The van der Waals surface area contributed by atoms with E-state index in [1.807, 2.05) is 0 Å². The summed E-state index contributed by atoms with van der Waals surface area (Å²) >= 11 is 0. The molecule has 0 spiro atoms. The number of hydrogen-bond acceptors (Lipinski definition) is 1. The number of para-hydroxylation sites is 1. The molecule has 0 atom stereocenters. The topological polar surface area (TPSA) is 8.17 Å². The van der Waals surface area contributed by atoms with Crippen molar-refractivity contribution in [3.63, 3.8) is 0 Å². The van der Waals surface area contributed by atoms with Crippen LogP contribution in [0.1, 0.15) is 22.3 Å². The first-order valence-electron chi connectivity index (χ1n) is 23.2. The van der Waals surface area contributed by atoms with Crippen molar-refractivity contribution in [3.8, 4) is 39.1 Å². The molecular weight excluding hydrogens is 809 g/mol. The molecule has 2 heteroatoms. The first-order valence-corrected chi connectivity index (χ1v) is 23.2. The highest BCUT2D eigenvalue weighted by Gasteiger charge is 2.46. The molecule has 314 valence electrons. The molecule has 0 radical (unpaired) electrons. The van der Waals surface area contributed by atoms with E-state index in [-0.39, 0.29) is 0 Å². The highest BCUT2D eigenvalue weighted by atomic mass is 15.1. The molecule has 0 unspecified atom stereocenters. The third kappa shape index (κ3) is 6.18. The zero-order valence-corrected chi connectivity index (χ0v) is 36.8. The first kappa shape index (κ1) is 38.7. The largest absolute Gasteiger partial charge is 0.310 e. The van der Waals surface area contributed by atoms with Crippen molar-refractivity contribution in [2.45, 2.75) is 5.41 Å². The summed E-state index contributed by atoms with van der Waals surface area (Å²) in [5.41, 5.74) is 18.7. The molecule has 0 bridgehead atoms. The van der Waals surface area contributed by atoms with Crippen molar-refractivity contribution in [1.29, 1.82) is 0 Å². The van der Waals surface area contributed by atoms with E-state index in [0.717, 1.165) is 28.3 Å². The summed E-state index contributed by atoms with van der Waals surface area (Å²) in [6.07, 6.45) is 0. The minimum absolute atomic E-state index is 0.509. The minimum Gasteiger partial charge on any atom is -0.310 e. The monoisotopic (exact) mass is 852 g/mol. The van der Waals surface area contributed by atoms with Crippen LogP contribution in [0.25, 0.3) is 71.6 Å². The Hall–Kier alpha value is -8.72. The average Bonchev–Trinajstić information content (AvgIpc) is 3.90. The normalized spacial score (nSPS) is 12.6. The molecular formula is C65H44N2. The van der Waals surface area contributed by atoms with Crippen molar-refractivity contribution in [2.75, 3.05) is 4.90 Å². The molecule has 11 aromatic carbocycles. The standard InChI is InChI=1S/C65H44N2/c1-4-18-45(19-5-1)48-22-16-27-53(42-48)66(52-37-34-47(35-38-52)56-31-17-21-46-20-10-11-28-55(46)56)54-39-41-63-60(44-54)59-40-36-50(43-64(59)67(63)51-25-8-3-9-26-51)65(49-23-6-2-7-24-49)61-32-14-12-29-57(61)58-30-13-15-33-62(58)65/h1-44H. The van der Waals surface area contributed by atoms with Gasteiger partial charge in [0.05, 0.1) is 16.4 Å². The summed E-state index contributed by atoms with van der Waals surface area (Å²) in [4.78, 5) is 2.41. The highest BCUT2D eigenvalue weighted by molar-refractivity contribution is 6.11. The lowest BCUT2D eigenvalue weighted by atomic mass is 9.67. The van der Waals surface area contributed by atoms with Crippen LogP contribution in [0.5, 0.6) is 0 Å². The Morgan fingerprint density at radius 1 is 0.299 bits per heavy atom. The third-order valence-electron chi connectivity index (χ3n) is 14.1. The molecule has 12 aromatic rings. The number of hydrogen-bond donors (Lipinski definition) is 0. The Bertz CT molecular complexity index is 3740. The molecule has 0 saturated carbocycles. The van der Waals surface area contributed by atoms with E-state index in [4.69, 9.17) is 0 Å². The summed E-state index contributed by atoms with van der Waals surface area (Å²) in [7, 11) is 0. The molecule has 1 aliphatic carbocycles. The number of aromatic nitrogens is 1. The Kier molecular flexibility index (Phi) is 9.11. The number of fused-ring (bicyclic) bond motifs is 7. The van der Waals surface area contributed by atoms with Crippen LogP contribution in [0.3, 0.4) is 0 Å². The fraction of sp³-hybridized carbons (Fsp3) is 0.0154. The van der Waals surface area contributed by atoms with Crippen LogP contribution in [-0.2, 0) is 5.41 Å².